The fourth-order valence-corrected chi connectivity index (χ4v) is 9.67. The average Bonchev–Trinajstić information content (AvgIpc) is 1.62. The largest absolute Gasteiger partial charge is 0.481 e. The Morgan fingerprint density at radius 3 is 1.66 bits per heavy atom. The lowest BCUT2D eigenvalue weighted by atomic mass is 10.0. The molecule has 0 radical (unpaired) electrons. The van der Waals surface area contributed by atoms with Crippen molar-refractivity contribution in [3.05, 3.63) is 230 Å². The molecule has 1 fully saturated rings. The predicted octanol–water partition coefficient (Wildman–Crippen LogP) is 12.7. The fraction of sp³-hybridized carbons (Fsp3) is 0.243. The molecule has 5 N–H and O–H groups in total. The van der Waals surface area contributed by atoms with Gasteiger partial charge in [0.1, 0.15) is 53.6 Å². The first-order chi connectivity index (χ1) is 46.1. The van der Waals surface area contributed by atoms with Gasteiger partial charge >= 0.3 is 11.9 Å². The highest BCUT2D eigenvalue weighted by molar-refractivity contribution is 6.00. The second kappa shape index (κ2) is 33.1. The summed E-state index contributed by atoms with van der Waals surface area (Å²) in [4.78, 5) is 68.1. The van der Waals surface area contributed by atoms with E-state index < -0.39 is 71.2 Å². The molecule has 9 aromatic rings. The van der Waals surface area contributed by atoms with Crippen LogP contribution in [0.1, 0.15) is 82.4 Å². The van der Waals surface area contributed by atoms with Crippen LogP contribution in [0.15, 0.2) is 133 Å². The Morgan fingerprint density at radius 2 is 1.18 bits per heavy atom. The number of carbonyl (C=O) groups is 4. The summed E-state index contributed by atoms with van der Waals surface area (Å²) in [6, 6.07) is 31.4. The number of aromatic nitrogens is 4. The van der Waals surface area contributed by atoms with Crippen LogP contribution in [0.3, 0.4) is 0 Å². The topological polar surface area (TPSA) is 257 Å². The number of benzene rings is 6. The molecule has 6 aromatic carbocycles. The molecule has 20 nitrogen and oxygen atoms in total. The Morgan fingerprint density at radius 1 is 0.677 bits per heavy atom. The van der Waals surface area contributed by atoms with Crippen molar-refractivity contribution in [2.45, 2.75) is 78.4 Å². The number of hydrogen-bond acceptors (Lipinski definition) is 15. The monoisotopic (exact) mass is 1320 g/mol. The third-order valence-corrected chi connectivity index (χ3v) is 14.6. The standard InChI is InChI=1S/2C34H29F3N4O5.C2H4O2/c1-3-45-34(44)23-14-28(37)33-30(15-23)41(18-25(43)11-12-42)31(40-33)16-20-7-8-21(13-26(20)35)29-5-4-6-32(39-29)46-19-22-9-10-24(38-2)17-27(22)36;1-3-44-34(43)23-14-28(37)33(38)30(15-23)41(18-25-11-12-45-25)32(42)16-20-7-8-21(13-26(20)35)29-5-4-6-31(40-29)46-19-22-9-10-24(39-2)17-27(22)36;1-2(3)4/h4-10,13-15,17,25,42-43H,3,11-12,16,18-19H2,1H3;4-10,13-15,17,25H,3,11-12,16,18-19,38H2,1H3;1H3,(H,3,4)/t2*25-;/m00./s1. The van der Waals surface area contributed by atoms with Gasteiger partial charge in [-0.2, -0.15) is 0 Å². The Labute approximate surface area is 546 Å². The number of aliphatic carboxylic acids is 1. The van der Waals surface area contributed by atoms with Crippen LogP contribution in [0.5, 0.6) is 11.8 Å². The Kier molecular flexibility index (Phi) is 24.4. The number of aliphatic hydroxyl groups is 2. The van der Waals surface area contributed by atoms with Gasteiger partial charge in [-0.1, -0.05) is 60.7 Å². The number of aliphatic hydroxyl groups excluding tert-OH is 2. The van der Waals surface area contributed by atoms with E-state index in [1.54, 1.807) is 68.4 Å². The summed E-state index contributed by atoms with van der Waals surface area (Å²) in [5.41, 5.74) is 8.42. The highest BCUT2D eigenvalue weighted by atomic mass is 19.1. The number of rotatable bonds is 23. The molecule has 1 amide bonds. The number of anilines is 2. The van der Waals surface area contributed by atoms with Gasteiger partial charge in [0.15, 0.2) is 17.2 Å². The van der Waals surface area contributed by atoms with Crippen LogP contribution >= 0.6 is 0 Å². The molecule has 96 heavy (non-hydrogen) atoms. The molecular formula is C70H62F6N8O12. The van der Waals surface area contributed by atoms with Gasteiger partial charge in [0.25, 0.3) is 5.97 Å². The molecule has 1 saturated heterocycles. The molecule has 10 rings (SSSR count). The molecule has 0 unspecified atom stereocenters. The van der Waals surface area contributed by atoms with Crippen molar-refractivity contribution in [1.29, 1.82) is 0 Å². The maximum atomic E-state index is 15.5. The number of carbonyl (C=O) groups excluding carboxylic acids is 3. The number of nitrogens with two attached hydrogens (primary N) is 1. The number of carboxylic acid groups (broad SMARTS) is 1. The van der Waals surface area contributed by atoms with Gasteiger partial charge in [0, 0.05) is 60.9 Å². The minimum Gasteiger partial charge on any atom is -0.481 e. The van der Waals surface area contributed by atoms with Crippen LogP contribution in [0.25, 0.3) is 43.2 Å². The summed E-state index contributed by atoms with van der Waals surface area (Å²) < 4.78 is 118. The average molecular weight is 1320 g/mol. The van der Waals surface area contributed by atoms with Gasteiger partial charge in [0.2, 0.25) is 17.7 Å². The van der Waals surface area contributed by atoms with Crippen molar-refractivity contribution in [2.75, 3.05) is 43.6 Å². The van der Waals surface area contributed by atoms with Gasteiger partial charge in [-0.15, -0.1) is 0 Å². The van der Waals surface area contributed by atoms with Crippen molar-refractivity contribution in [2.24, 2.45) is 0 Å². The molecule has 496 valence electrons. The number of halogens is 6. The molecule has 4 heterocycles. The molecule has 1 aliphatic rings. The van der Waals surface area contributed by atoms with E-state index in [2.05, 4.69) is 24.6 Å². The number of nitrogens with zero attached hydrogens (tertiary/aromatic N) is 7. The summed E-state index contributed by atoms with van der Waals surface area (Å²) in [5.74, 6) is -6.39. The van der Waals surface area contributed by atoms with E-state index in [0.717, 1.165) is 31.2 Å². The second-order valence-corrected chi connectivity index (χ2v) is 21.3. The van der Waals surface area contributed by atoms with Gasteiger partial charge in [-0.05, 0) is 98.5 Å². The van der Waals surface area contributed by atoms with Gasteiger partial charge in [-0.25, -0.2) is 60.6 Å². The van der Waals surface area contributed by atoms with Crippen LogP contribution in [-0.4, -0.2) is 104 Å². The Balaban J connectivity index is 0.000000233. The molecule has 0 bridgehead atoms. The third kappa shape index (κ3) is 18.3. The first-order valence-corrected chi connectivity index (χ1v) is 29.7. The fourth-order valence-electron chi connectivity index (χ4n) is 9.67. The number of carboxylic acids is 1. The van der Waals surface area contributed by atoms with E-state index in [1.807, 2.05) is 0 Å². The summed E-state index contributed by atoms with van der Waals surface area (Å²) in [7, 11) is 0. The Hall–Kier alpha value is -11.2. The zero-order valence-corrected chi connectivity index (χ0v) is 51.8. The van der Waals surface area contributed by atoms with Crippen LogP contribution in [0.2, 0.25) is 0 Å². The smallest absolute Gasteiger partial charge is 0.338 e. The molecule has 1 aliphatic heterocycles. The van der Waals surface area contributed by atoms with Crippen LogP contribution < -0.4 is 20.1 Å². The molecule has 26 heteroatoms. The van der Waals surface area contributed by atoms with Gasteiger partial charge in [0.05, 0.1) is 97.5 Å². The number of pyridine rings is 2. The minimum absolute atomic E-state index is 0.0266. The van der Waals surface area contributed by atoms with Crippen LogP contribution in [-0.2, 0) is 56.4 Å². The van der Waals surface area contributed by atoms with Crippen molar-refractivity contribution >= 4 is 57.6 Å². The van der Waals surface area contributed by atoms with E-state index in [0.29, 0.717) is 35.5 Å². The number of nitrogen functional groups attached to an aromatic ring is 1. The van der Waals surface area contributed by atoms with Crippen molar-refractivity contribution in [3.63, 3.8) is 0 Å². The van der Waals surface area contributed by atoms with Crippen molar-refractivity contribution < 1.29 is 84.5 Å². The predicted molar refractivity (Wildman–Crippen MR) is 340 cm³/mol. The first-order valence-electron chi connectivity index (χ1n) is 29.7. The van der Waals surface area contributed by atoms with Crippen LogP contribution in [0, 0.1) is 48.0 Å². The maximum Gasteiger partial charge on any atom is 0.338 e. The van der Waals surface area contributed by atoms with E-state index in [1.165, 1.54) is 64.1 Å². The van der Waals surface area contributed by atoms with E-state index in [4.69, 9.17) is 52.5 Å². The lowest BCUT2D eigenvalue weighted by molar-refractivity contribution is -0.134. The minimum atomic E-state index is -1.02. The quantitative estimate of drug-likeness (QED) is 0.0201. The number of esters is 2. The zero-order chi connectivity index (χ0) is 69.2. The lowest BCUT2D eigenvalue weighted by Crippen LogP contribution is -2.44. The van der Waals surface area contributed by atoms with Gasteiger partial charge in [-0.3, -0.25) is 9.59 Å². The van der Waals surface area contributed by atoms with Crippen molar-refractivity contribution in [1.82, 2.24) is 19.5 Å². The summed E-state index contributed by atoms with van der Waals surface area (Å²) >= 11 is 0. The zero-order valence-electron chi connectivity index (χ0n) is 51.8. The molecule has 0 spiro atoms. The second-order valence-electron chi connectivity index (χ2n) is 21.3. The molecule has 0 aliphatic carbocycles. The summed E-state index contributed by atoms with van der Waals surface area (Å²) in [6.07, 6.45) is -1.11. The SMILES string of the molecule is CC(=O)O.[C-]#[N+]c1ccc(COc2cccc(-c3ccc(CC(=O)N(C[C@@H]4CCO4)c4cc(C(=O)OCC)cc(F)c4N)c(F)c3)n2)c(F)c1.[C-]#[N+]c1ccc(COc2cccc(-c3ccc(Cc4nc5c(F)cc(C(=O)OCC)cc5n4C[C@@H](O)CCO)c(F)c3)n2)c(F)c1. The van der Waals surface area contributed by atoms with E-state index in [9.17, 15) is 37.8 Å². The molecule has 3 aromatic heterocycles. The molecule has 0 saturated carbocycles. The summed E-state index contributed by atoms with van der Waals surface area (Å²) in [6.45, 7) is 18.4. The number of hydrogen-bond donors (Lipinski definition) is 4. The normalized spacial score (nSPS) is 12.5. The third-order valence-electron chi connectivity index (χ3n) is 14.6. The van der Waals surface area contributed by atoms with E-state index in [-0.39, 0.29) is 150 Å². The number of ether oxygens (including phenoxy) is 5. The molecular weight excluding hydrogens is 1260 g/mol. The number of amides is 1. The highest BCUT2D eigenvalue weighted by Gasteiger charge is 2.30. The first kappa shape index (κ1) is 70.7. The molecule has 2 atom stereocenters. The van der Waals surface area contributed by atoms with Crippen LogP contribution in [0.4, 0.5) is 49.1 Å². The Bertz CT molecular complexity index is 4420. The maximum absolute atomic E-state index is 15.5. The highest BCUT2D eigenvalue weighted by Crippen LogP contribution is 2.33. The number of fused-ring (bicyclic) bond motifs is 1. The van der Waals surface area contributed by atoms with Crippen molar-refractivity contribution in [3.8, 4) is 34.3 Å². The number of imidazole rings is 1. The van der Waals surface area contributed by atoms with E-state index >= 15 is 13.2 Å². The lowest BCUT2D eigenvalue weighted by Gasteiger charge is -2.33. The van der Waals surface area contributed by atoms with Gasteiger partial charge < -0.3 is 54.2 Å². The summed E-state index contributed by atoms with van der Waals surface area (Å²) in [5, 5.41) is 27.2.